The van der Waals surface area contributed by atoms with Gasteiger partial charge in [0.25, 0.3) is 0 Å². The molecule has 2 saturated heterocycles. The predicted molar refractivity (Wildman–Crippen MR) is 77.4 cm³/mol. The third-order valence-electron chi connectivity index (χ3n) is 4.61. The maximum atomic E-state index is 11.9. The SMILES string of the molecule is CNCC(=O)N1CCC(C2CCN(C(=O)NC)CC2)C1. The van der Waals surface area contributed by atoms with Crippen molar-refractivity contribution in [3.8, 4) is 0 Å². The monoisotopic (exact) mass is 282 g/mol. The molecule has 2 rings (SSSR count). The van der Waals surface area contributed by atoms with E-state index in [2.05, 4.69) is 10.6 Å². The first kappa shape index (κ1) is 15.1. The lowest BCUT2D eigenvalue weighted by Gasteiger charge is -2.34. The number of hydrogen-bond donors (Lipinski definition) is 2. The Morgan fingerprint density at radius 3 is 2.20 bits per heavy atom. The van der Waals surface area contributed by atoms with Crippen molar-refractivity contribution in [1.82, 2.24) is 20.4 Å². The molecular formula is C14H26N4O2. The minimum atomic E-state index is 0.0284. The fourth-order valence-electron chi connectivity index (χ4n) is 3.39. The summed E-state index contributed by atoms with van der Waals surface area (Å²) in [7, 11) is 3.48. The van der Waals surface area contributed by atoms with Crippen LogP contribution in [0.4, 0.5) is 4.79 Å². The third-order valence-corrected chi connectivity index (χ3v) is 4.61. The van der Waals surface area contributed by atoms with E-state index in [1.807, 2.05) is 9.80 Å². The lowest BCUT2D eigenvalue weighted by atomic mass is 9.84. The number of piperidine rings is 1. The van der Waals surface area contributed by atoms with Gasteiger partial charge < -0.3 is 20.4 Å². The van der Waals surface area contributed by atoms with Gasteiger partial charge in [0.1, 0.15) is 0 Å². The van der Waals surface area contributed by atoms with Gasteiger partial charge in [-0.05, 0) is 38.1 Å². The van der Waals surface area contributed by atoms with Crippen molar-refractivity contribution >= 4 is 11.9 Å². The lowest BCUT2D eigenvalue weighted by molar-refractivity contribution is -0.129. The molecule has 2 aliphatic rings. The minimum Gasteiger partial charge on any atom is -0.341 e. The van der Waals surface area contributed by atoms with Gasteiger partial charge in [0.05, 0.1) is 6.54 Å². The first-order valence-corrected chi connectivity index (χ1v) is 7.54. The normalized spacial score (nSPS) is 24.0. The number of carbonyl (C=O) groups is 2. The van der Waals surface area contributed by atoms with E-state index in [1.165, 1.54) is 0 Å². The van der Waals surface area contributed by atoms with E-state index in [4.69, 9.17) is 0 Å². The molecule has 2 N–H and O–H groups in total. The van der Waals surface area contributed by atoms with E-state index in [0.29, 0.717) is 18.4 Å². The highest BCUT2D eigenvalue weighted by atomic mass is 16.2. The standard InChI is InChI=1S/C14H26N4O2/c1-15-9-13(19)18-8-5-12(10-18)11-3-6-17(7-4-11)14(20)16-2/h11-12,15H,3-10H2,1-2H3,(H,16,20). The summed E-state index contributed by atoms with van der Waals surface area (Å²) in [6, 6.07) is 0.0284. The second kappa shape index (κ2) is 6.92. The van der Waals surface area contributed by atoms with E-state index >= 15 is 0 Å². The maximum absolute atomic E-state index is 11.9. The Hall–Kier alpha value is -1.30. The molecular weight excluding hydrogens is 256 g/mol. The molecule has 2 heterocycles. The van der Waals surface area contributed by atoms with Crippen LogP contribution in [0.5, 0.6) is 0 Å². The molecule has 3 amide bonds. The van der Waals surface area contributed by atoms with Gasteiger partial charge in [-0.15, -0.1) is 0 Å². The van der Waals surface area contributed by atoms with Crippen molar-refractivity contribution in [2.75, 3.05) is 46.8 Å². The molecule has 2 aliphatic heterocycles. The predicted octanol–water partition coefficient (Wildman–Crippen LogP) is 0.106. The molecule has 0 aromatic carbocycles. The Labute approximate surface area is 120 Å². The summed E-state index contributed by atoms with van der Waals surface area (Å²) in [6.07, 6.45) is 3.23. The fourth-order valence-corrected chi connectivity index (χ4v) is 3.39. The highest BCUT2D eigenvalue weighted by Gasteiger charge is 2.34. The molecule has 0 radical (unpaired) electrons. The number of carbonyl (C=O) groups excluding carboxylic acids is 2. The van der Waals surface area contributed by atoms with Crippen LogP contribution in [0.1, 0.15) is 19.3 Å². The molecule has 0 spiro atoms. The molecule has 0 aromatic rings. The summed E-state index contributed by atoms with van der Waals surface area (Å²) in [5.41, 5.74) is 0. The van der Waals surface area contributed by atoms with Crippen molar-refractivity contribution < 1.29 is 9.59 Å². The zero-order chi connectivity index (χ0) is 14.5. The van der Waals surface area contributed by atoms with Crippen LogP contribution in [0.2, 0.25) is 0 Å². The first-order chi connectivity index (χ1) is 9.65. The fraction of sp³-hybridized carbons (Fsp3) is 0.857. The minimum absolute atomic E-state index is 0.0284. The summed E-state index contributed by atoms with van der Waals surface area (Å²) in [5.74, 6) is 1.48. The van der Waals surface area contributed by atoms with Crippen LogP contribution in [-0.4, -0.2) is 68.6 Å². The number of likely N-dealkylation sites (tertiary alicyclic amines) is 2. The van der Waals surface area contributed by atoms with Crippen molar-refractivity contribution in [2.45, 2.75) is 19.3 Å². The largest absolute Gasteiger partial charge is 0.341 e. The summed E-state index contributed by atoms with van der Waals surface area (Å²) < 4.78 is 0. The van der Waals surface area contributed by atoms with Gasteiger partial charge in [0.15, 0.2) is 0 Å². The van der Waals surface area contributed by atoms with E-state index in [9.17, 15) is 9.59 Å². The van der Waals surface area contributed by atoms with Crippen LogP contribution in [0.3, 0.4) is 0 Å². The zero-order valence-electron chi connectivity index (χ0n) is 12.5. The average molecular weight is 282 g/mol. The Balaban J connectivity index is 1.78. The van der Waals surface area contributed by atoms with E-state index in [1.54, 1.807) is 14.1 Å². The van der Waals surface area contributed by atoms with Crippen LogP contribution in [-0.2, 0) is 4.79 Å². The quantitative estimate of drug-likeness (QED) is 0.772. The van der Waals surface area contributed by atoms with E-state index < -0.39 is 0 Å². The molecule has 0 bridgehead atoms. The molecule has 2 fully saturated rings. The molecule has 0 saturated carbocycles. The summed E-state index contributed by atoms with van der Waals surface area (Å²) in [5, 5.41) is 5.60. The van der Waals surface area contributed by atoms with Gasteiger partial charge in [-0.2, -0.15) is 0 Å². The number of likely N-dealkylation sites (N-methyl/N-ethyl adjacent to an activating group) is 1. The lowest BCUT2D eigenvalue weighted by Crippen LogP contribution is -2.44. The number of nitrogens with one attached hydrogen (secondary N) is 2. The van der Waals surface area contributed by atoms with Crippen LogP contribution < -0.4 is 10.6 Å². The van der Waals surface area contributed by atoms with Gasteiger partial charge >= 0.3 is 6.03 Å². The molecule has 6 heteroatoms. The Morgan fingerprint density at radius 1 is 1.00 bits per heavy atom. The van der Waals surface area contributed by atoms with Crippen molar-refractivity contribution in [3.05, 3.63) is 0 Å². The number of hydrogen-bond acceptors (Lipinski definition) is 3. The van der Waals surface area contributed by atoms with Gasteiger partial charge in [0, 0.05) is 33.2 Å². The summed E-state index contributed by atoms with van der Waals surface area (Å²) in [6.45, 7) is 3.89. The highest BCUT2D eigenvalue weighted by molar-refractivity contribution is 5.78. The topological polar surface area (TPSA) is 64.7 Å². The van der Waals surface area contributed by atoms with Crippen LogP contribution >= 0.6 is 0 Å². The Kier molecular flexibility index (Phi) is 5.23. The molecule has 1 atom stereocenters. The van der Waals surface area contributed by atoms with Crippen molar-refractivity contribution in [3.63, 3.8) is 0 Å². The van der Waals surface area contributed by atoms with Crippen molar-refractivity contribution in [1.29, 1.82) is 0 Å². The van der Waals surface area contributed by atoms with E-state index in [0.717, 1.165) is 45.4 Å². The average Bonchev–Trinajstić information content (AvgIpc) is 2.97. The van der Waals surface area contributed by atoms with Gasteiger partial charge in [0.2, 0.25) is 5.91 Å². The second-order valence-corrected chi connectivity index (χ2v) is 5.80. The van der Waals surface area contributed by atoms with E-state index in [-0.39, 0.29) is 11.9 Å². The number of amides is 3. The molecule has 114 valence electrons. The molecule has 6 nitrogen and oxygen atoms in total. The molecule has 0 aromatic heterocycles. The molecule has 1 unspecified atom stereocenters. The summed E-state index contributed by atoms with van der Waals surface area (Å²) in [4.78, 5) is 27.3. The molecule has 20 heavy (non-hydrogen) atoms. The Bertz CT molecular complexity index is 353. The Morgan fingerprint density at radius 2 is 1.60 bits per heavy atom. The third kappa shape index (κ3) is 3.42. The van der Waals surface area contributed by atoms with Crippen LogP contribution in [0.15, 0.2) is 0 Å². The highest BCUT2D eigenvalue weighted by Crippen LogP contribution is 2.31. The number of nitrogens with zero attached hydrogens (tertiary/aromatic N) is 2. The summed E-state index contributed by atoms with van der Waals surface area (Å²) >= 11 is 0. The first-order valence-electron chi connectivity index (χ1n) is 7.54. The van der Waals surface area contributed by atoms with Crippen LogP contribution in [0.25, 0.3) is 0 Å². The zero-order valence-corrected chi connectivity index (χ0v) is 12.5. The number of rotatable bonds is 3. The van der Waals surface area contributed by atoms with Crippen molar-refractivity contribution in [2.24, 2.45) is 11.8 Å². The van der Waals surface area contributed by atoms with Gasteiger partial charge in [-0.1, -0.05) is 0 Å². The second-order valence-electron chi connectivity index (χ2n) is 5.80. The number of urea groups is 1. The smallest absolute Gasteiger partial charge is 0.317 e. The van der Waals surface area contributed by atoms with Gasteiger partial charge in [-0.25, -0.2) is 4.79 Å². The van der Waals surface area contributed by atoms with Crippen LogP contribution in [0, 0.1) is 11.8 Å². The molecule has 0 aliphatic carbocycles. The van der Waals surface area contributed by atoms with Gasteiger partial charge in [-0.3, -0.25) is 4.79 Å². The maximum Gasteiger partial charge on any atom is 0.317 e.